The van der Waals surface area contributed by atoms with Crippen molar-refractivity contribution in [3.05, 3.63) is 89.9 Å². The highest BCUT2D eigenvalue weighted by atomic mass is 16.1. The number of fused-ring (bicyclic) bond motifs is 1. The minimum atomic E-state index is -0.354. The Hall–Kier alpha value is -3.67. The number of rotatable bonds is 4. The van der Waals surface area contributed by atoms with Crippen molar-refractivity contribution in [2.75, 3.05) is 10.6 Å². The molecule has 1 aromatic heterocycles. The van der Waals surface area contributed by atoms with Crippen LogP contribution in [0.3, 0.4) is 0 Å². The van der Waals surface area contributed by atoms with Gasteiger partial charge in [0.25, 0.3) is 5.91 Å². The molecule has 4 rings (SSSR count). The number of nitrogens with one attached hydrogen (secondary N) is 2. The number of carbonyl (C=O) groups is 1. The van der Waals surface area contributed by atoms with Gasteiger partial charge < -0.3 is 10.6 Å². The van der Waals surface area contributed by atoms with Gasteiger partial charge in [0.15, 0.2) is 0 Å². The maximum absolute atomic E-state index is 13.0. The third-order valence-electron chi connectivity index (χ3n) is 4.38. The van der Waals surface area contributed by atoms with E-state index >= 15 is 0 Å². The molecule has 0 spiro atoms. The number of hydrogen-bond donors (Lipinski definition) is 2. The summed E-state index contributed by atoms with van der Waals surface area (Å²) in [4.78, 5) is 17.3. The third-order valence-corrected chi connectivity index (χ3v) is 4.38. The lowest BCUT2D eigenvalue weighted by molar-refractivity contribution is -0.113. The molecular weight excluding hydrogens is 338 g/mol. The van der Waals surface area contributed by atoms with Gasteiger partial charge in [-0.2, -0.15) is 10.1 Å². The predicted octanol–water partition coefficient (Wildman–Crippen LogP) is 3.87. The van der Waals surface area contributed by atoms with Crippen molar-refractivity contribution in [1.29, 1.82) is 0 Å². The van der Waals surface area contributed by atoms with Gasteiger partial charge in [0.05, 0.1) is 5.57 Å². The molecule has 3 aromatic rings. The van der Waals surface area contributed by atoms with E-state index in [1.807, 2.05) is 79.7 Å². The molecular formula is C21H19N5O. The highest BCUT2D eigenvalue weighted by Gasteiger charge is 2.30. The first-order valence-electron chi connectivity index (χ1n) is 8.69. The van der Waals surface area contributed by atoms with Gasteiger partial charge in [0, 0.05) is 11.4 Å². The smallest absolute Gasteiger partial charge is 0.255 e. The molecule has 0 aliphatic carbocycles. The number of benzene rings is 2. The van der Waals surface area contributed by atoms with E-state index in [2.05, 4.69) is 20.7 Å². The van der Waals surface area contributed by atoms with Gasteiger partial charge in [0.2, 0.25) is 5.95 Å². The number of allylic oxidation sites excluding steroid dienone is 2. The maximum Gasteiger partial charge on any atom is 0.255 e. The van der Waals surface area contributed by atoms with Crippen LogP contribution in [0.5, 0.6) is 0 Å². The van der Waals surface area contributed by atoms with Gasteiger partial charge >= 0.3 is 0 Å². The lowest BCUT2D eigenvalue weighted by Crippen LogP contribution is -2.30. The fourth-order valence-electron chi connectivity index (χ4n) is 3.09. The lowest BCUT2D eigenvalue weighted by atomic mass is 10.0. The van der Waals surface area contributed by atoms with Crippen LogP contribution in [0.25, 0.3) is 6.08 Å². The normalized spacial score (nSPS) is 16.1. The van der Waals surface area contributed by atoms with Crippen molar-refractivity contribution in [3.8, 4) is 0 Å². The Balaban J connectivity index is 1.68. The molecule has 134 valence electrons. The summed E-state index contributed by atoms with van der Waals surface area (Å²) in [6, 6.07) is 19.0. The van der Waals surface area contributed by atoms with Crippen LogP contribution >= 0.6 is 0 Å². The van der Waals surface area contributed by atoms with Gasteiger partial charge in [0.1, 0.15) is 12.4 Å². The first-order valence-corrected chi connectivity index (χ1v) is 8.69. The fraction of sp³-hybridized carbons (Fsp3) is 0.0952. The summed E-state index contributed by atoms with van der Waals surface area (Å²) in [5.41, 5.74) is 3.16. The van der Waals surface area contributed by atoms with Crippen molar-refractivity contribution in [2.45, 2.75) is 13.0 Å². The Labute approximate surface area is 157 Å². The second-order valence-corrected chi connectivity index (χ2v) is 6.23. The molecule has 1 amide bonds. The van der Waals surface area contributed by atoms with E-state index in [1.54, 1.807) is 4.68 Å². The molecule has 0 saturated carbocycles. The van der Waals surface area contributed by atoms with Gasteiger partial charge in [-0.1, -0.05) is 60.7 Å². The number of nitrogens with zero attached hydrogens (tertiary/aromatic N) is 3. The minimum absolute atomic E-state index is 0.171. The van der Waals surface area contributed by atoms with Crippen molar-refractivity contribution in [2.24, 2.45) is 0 Å². The molecule has 1 aliphatic heterocycles. The number of aromatic nitrogens is 3. The SMILES string of the molecule is CC1=C(C(=O)Nc2ccccc2)[C@@H](/C=C\c2ccccc2)n2ncnc2N1. The number of carbonyl (C=O) groups excluding carboxylic acids is 1. The standard InChI is InChI=1S/C21H19N5O/c1-15-19(20(27)25-17-10-6-3-7-11-17)18(26-21(24-15)22-14-23-26)13-12-16-8-4-2-5-9-16/h2-14,18H,1H3,(H,25,27)(H,22,23,24)/b13-12-/t18-/m1/s1. The fourth-order valence-corrected chi connectivity index (χ4v) is 3.09. The van der Waals surface area contributed by atoms with Crippen LogP contribution in [-0.4, -0.2) is 20.7 Å². The molecule has 0 fully saturated rings. The minimum Gasteiger partial charge on any atom is -0.328 e. The van der Waals surface area contributed by atoms with Crippen LogP contribution in [0.1, 0.15) is 18.5 Å². The second-order valence-electron chi connectivity index (χ2n) is 6.23. The molecule has 27 heavy (non-hydrogen) atoms. The molecule has 1 atom stereocenters. The van der Waals surface area contributed by atoms with Crippen LogP contribution in [0.2, 0.25) is 0 Å². The largest absolute Gasteiger partial charge is 0.328 e. The average Bonchev–Trinajstić information content (AvgIpc) is 3.15. The van der Waals surface area contributed by atoms with Crippen LogP contribution < -0.4 is 10.6 Å². The zero-order valence-electron chi connectivity index (χ0n) is 14.8. The highest BCUT2D eigenvalue weighted by Crippen LogP contribution is 2.31. The van der Waals surface area contributed by atoms with E-state index in [1.165, 1.54) is 6.33 Å². The Morgan fingerprint density at radius 1 is 1.11 bits per heavy atom. The average molecular weight is 357 g/mol. The predicted molar refractivity (Wildman–Crippen MR) is 106 cm³/mol. The van der Waals surface area contributed by atoms with Crippen LogP contribution in [-0.2, 0) is 4.79 Å². The van der Waals surface area contributed by atoms with E-state index in [4.69, 9.17) is 0 Å². The van der Waals surface area contributed by atoms with Gasteiger partial charge in [-0.25, -0.2) is 4.68 Å². The molecule has 0 unspecified atom stereocenters. The number of hydrogen-bond acceptors (Lipinski definition) is 4. The third kappa shape index (κ3) is 3.50. The summed E-state index contributed by atoms with van der Waals surface area (Å²) in [6.07, 6.45) is 5.44. The maximum atomic E-state index is 13.0. The molecule has 6 nitrogen and oxygen atoms in total. The number of para-hydroxylation sites is 1. The molecule has 2 heterocycles. The van der Waals surface area contributed by atoms with Gasteiger partial charge in [-0.3, -0.25) is 4.79 Å². The van der Waals surface area contributed by atoms with Crippen LogP contribution in [0, 0.1) is 0 Å². The summed E-state index contributed by atoms with van der Waals surface area (Å²) in [7, 11) is 0. The molecule has 2 aromatic carbocycles. The molecule has 1 aliphatic rings. The first-order chi connectivity index (χ1) is 13.2. The van der Waals surface area contributed by atoms with E-state index in [0.29, 0.717) is 11.5 Å². The number of amides is 1. The Morgan fingerprint density at radius 3 is 2.56 bits per heavy atom. The topological polar surface area (TPSA) is 71.8 Å². The van der Waals surface area contributed by atoms with Gasteiger partial charge in [-0.15, -0.1) is 0 Å². The summed E-state index contributed by atoms with van der Waals surface area (Å²) in [5.74, 6) is 0.446. The molecule has 0 radical (unpaired) electrons. The van der Waals surface area contributed by atoms with E-state index < -0.39 is 0 Å². The quantitative estimate of drug-likeness (QED) is 0.743. The second kappa shape index (κ2) is 7.29. The van der Waals surface area contributed by atoms with Gasteiger partial charge in [-0.05, 0) is 24.6 Å². The summed E-state index contributed by atoms with van der Waals surface area (Å²) >= 11 is 0. The lowest BCUT2D eigenvalue weighted by Gasteiger charge is -2.26. The Morgan fingerprint density at radius 2 is 1.81 bits per heavy atom. The van der Waals surface area contributed by atoms with Crippen molar-refractivity contribution < 1.29 is 4.79 Å². The first kappa shape index (κ1) is 16.8. The van der Waals surface area contributed by atoms with E-state index in [-0.39, 0.29) is 11.9 Å². The van der Waals surface area contributed by atoms with Crippen LogP contribution in [0.4, 0.5) is 11.6 Å². The zero-order valence-corrected chi connectivity index (χ0v) is 14.8. The zero-order chi connectivity index (χ0) is 18.6. The van der Waals surface area contributed by atoms with Crippen molar-refractivity contribution in [3.63, 3.8) is 0 Å². The van der Waals surface area contributed by atoms with Crippen molar-refractivity contribution >= 4 is 23.6 Å². The molecule has 2 N–H and O–H groups in total. The molecule has 0 saturated heterocycles. The summed E-state index contributed by atoms with van der Waals surface area (Å²) in [6.45, 7) is 1.88. The molecule has 6 heteroatoms. The summed E-state index contributed by atoms with van der Waals surface area (Å²) in [5, 5.41) is 10.4. The molecule has 0 bridgehead atoms. The highest BCUT2D eigenvalue weighted by molar-refractivity contribution is 6.05. The van der Waals surface area contributed by atoms with Crippen LogP contribution in [0.15, 0.2) is 84.3 Å². The Kier molecular flexibility index (Phi) is 4.53. The number of anilines is 2. The summed E-state index contributed by atoms with van der Waals surface area (Å²) < 4.78 is 1.71. The van der Waals surface area contributed by atoms with E-state index in [0.717, 1.165) is 16.9 Å². The van der Waals surface area contributed by atoms with E-state index in [9.17, 15) is 4.79 Å². The monoisotopic (exact) mass is 357 g/mol. The van der Waals surface area contributed by atoms with Crippen molar-refractivity contribution in [1.82, 2.24) is 14.8 Å². The Bertz CT molecular complexity index is 1010.